The van der Waals surface area contributed by atoms with Crippen molar-refractivity contribution in [1.29, 1.82) is 0 Å². The minimum Gasteiger partial charge on any atom is -0.463 e. The van der Waals surface area contributed by atoms with Gasteiger partial charge in [-0.2, -0.15) is 0 Å². The summed E-state index contributed by atoms with van der Waals surface area (Å²) < 4.78 is 21.0. The second kappa shape index (κ2) is 8.15. The molecule has 11 heteroatoms. The number of carbonyl (C=O) groups excluding carboxylic acids is 4. The van der Waals surface area contributed by atoms with Gasteiger partial charge in [0, 0.05) is 33.0 Å². The molecular formula is C15H20N2O9. The zero-order valence-electron chi connectivity index (χ0n) is 14.4. The number of ether oxygens (including phenoxy) is 4. The first-order valence-electron chi connectivity index (χ1n) is 7.76. The number of aliphatic hydroxyl groups is 1. The monoisotopic (exact) mass is 372 g/mol. The Hall–Kier alpha value is -2.66. The van der Waals surface area contributed by atoms with E-state index < -0.39 is 54.7 Å². The lowest BCUT2D eigenvalue weighted by Crippen LogP contribution is -2.56. The fraction of sp³-hybridized carbons (Fsp3) is 0.600. The number of hydrogen-bond donors (Lipinski definition) is 2. The summed E-state index contributed by atoms with van der Waals surface area (Å²) in [5, 5.41) is 12.3. The molecule has 0 aromatic heterocycles. The van der Waals surface area contributed by atoms with Gasteiger partial charge in [0.1, 0.15) is 12.7 Å². The van der Waals surface area contributed by atoms with E-state index in [1.54, 1.807) is 0 Å². The van der Waals surface area contributed by atoms with Gasteiger partial charge in [-0.3, -0.25) is 19.2 Å². The Kier molecular flexibility index (Phi) is 6.16. The Balaban J connectivity index is 2.30. The van der Waals surface area contributed by atoms with Gasteiger partial charge in [0.2, 0.25) is 12.3 Å². The molecule has 2 N–H and O–H groups in total. The van der Waals surface area contributed by atoms with Crippen molar-refractivity contribution < 1.29 is 43.2 Å². The van der Waals surface area contributed by atoms with Crippen molar-refractivity contribution in [3.8, 4) is 0 Å². The van der Waals surface area contributed by atoms with E-state index >= 15 is 0 Å². The van der Waals surface area contributed by atoms with E-state index in [1.165, 1.54) is 18.0 Å². The molecule has 0 radical (unpaired) electrons. The van der Waals surface area contributed by atoms with E-state index in [0.29, 0.717) is 0 Å². The average Bonchev–Trinajstić information content (AvgIpc) is 2.82. The molecular weight excluding hydrogens is 352 g/mol. The van der Waals surface area contributed by atoms with Crippen LogP contribution in [0.25, 0.3) is 0 Å². The molecule has 0 aromatic rings. The van der Waals surface area contributed by atoms with Gasteiger partial charge in [-0.1, -0.05) is 0 Å². The number of nitrogens with zero attached hydrogens (tertiary/aromatic N) is 1. The highest BCUT2D eigenvalue weighted by Gasteiger charge is 2.52. The molecule has 2 aliphatic heterocycles. The third-order valence-electron chi connectivity index (χ3n) is 3.59. The molecule has 0 saturated carbocycles. The van der Waals surface area contributed by atoms with Crippen LogP contribution in [-0.4, -0.2) is 71.3 Å². The van der Waals surface area contributed by atoms with Gasteiger partial charge in [0.25, 0.3) is 0 Å². The van der Waals surface area contributed by atoms with E-state index in [0.717, 1.165) is 19.9 Å². The van der Waals surface area contributed by atoms with E-state index in [1.807, 2.05) is 0 Å². The van der Waals surface area contributed by atoms with E-state index in [9.17, 15) is 24.3 Å². The minimum atomic E-state index is -1.46. The largest absolute Gasteiger partial charge is 0.463 e. The van der Waals surface area contributed by atoms with Crippen LogP contribution in [0, 0.1) is 0 Å². The number of nitrogens with one attached hydrogen (secondary N) is 1. The maximum Gasteiger partial charge on any atom is 0.303 e. The van der Waals surface area contributed by atoms with Gasteiger partial charge in [0.15, 0.2) is 18.4 Å². The zero-order chi connectivity index (χ0) is 19.4. The summed E-state index contributed by atoms with van der Waals surface area (Å²) in [6, 6.07) is 0. The summed E-state index contributed by atoms with van der Waals surface area (Å²) in [5.74, 6) is -2.43. The van der Waals surface area contributed by atoms with Crippen LogP contribution in [0.2, 0.25) is 0 Å². The molecule has 11 nitrogen and oxygen atoms in total. The molecule has 5 atom stereocenters. The summed E-state index contributed by atoms with van der Waals surface area (Å²) in [4.78, 5) is 46.5. The van der Waals surface area contributed by atoms with Crippen molar-refractivity contribution in [3.05, 3.63) is 12.3 Å². The molecule has 2 heterocycles. The Labute approximate surface area is 148 Å². The lowest BCUT2D eigenvalue weighted by Gasteiger charge is -2.36. The molecule has 144 valence electrons. The predicted molar refractivity (Wildman–Crippen MR) is 81.5 cm³/mol. The van der Waals surface area contributed by atoms with Gasteiger partial charge < -0.3 is 34.3 Å². The van der Waals surface area contributed by atoms with Crippen LogP contribution in [0.4, 0.5) is 0 Å². The van der Waals surface area contributed by atoms with Crippen LogP contribution < -0.4 is 5.32 Å². The molecule has 0 spiro atoms. The standard InChI is InChI=1S/C15H20N2O9/c1-7(18)23-6-10-12(24-8(2)19)13(25-9(3)20)14(26-10)17-5-4-11(21)16-15(17)22/h4-5,10,12-15,22H,6H2,1-3H3,(H,16,21)/t10?,12?,13-,14?,15?/m0/s1. The number of esters is 3. The molecule has 1 amide bonds. The van der Waals surface area contributed by atoms with Crippen LogP contribution >= 0.6 is 0 Å². The highest BCUT2D eigenvalue weighted by molar-refractivity contribution is 5.88. The number of aliphatic hydroxyl groups excluding tert-OH is 1. The van der Waals surface area contributed by atoms with Gasteiger partial charge in [-0.15, -0.1) is 0 Å². The second-order valence-corrected chi connectivity index (χ2v) is 5.66. The normalized spacial score (nSPS) is 30.5. The van der Waals surface area contributed by atoms with Crippen molar-refractivity contribution in [2.24, 2.45) is 0 Å². The van der Waals surface area contributed by atoms with Gasteiger partial charge in [0.05, 0.1) is 0 Å². The highest BCUT2D eigenvalue weighted by Crippen LogP contribution is 2.31. The van der Waals surface area contributed by atoms with Crippen LogP contribution in [-0.2, 0) is 38.1 Å². The SMILES string of the molecule is CC(=O)OCC1OC(N2C=CC(=O)NC2O)[C@@H](OC(C)=O)C1OC(C)=O. The Morgan fingerprint density at radius 2 is 1.77 bits per heavy atom. The van der Waals surface area contributed by atoms with Crippen molar-refractivity contribution in [2.45, 2.75) is 51.7 Å². The maximum absolute atomic E-state index is 11.5. The van der Waals surface area contributed by atoms with Gasteiger partial charge in [-0.25, -0.2) is 0 Å². The number of rotatable bonds is 5. The van der Waals surface area contributed by atoms with Gasteiger partial charge >= 0.3 is 17.9 Å². The maximum atomic E-state index is 11.5. The lowest BCUT2D eigenvalue weighted by atomic mass is 10.1. The third-order valence-corrected chi connectivity index (χ3v) is 3.59. The summed E-state index contributed by atoms with van der Waals surface area (Å²) in [6.07, 6.45) is -3.33. The number of amides is 1. The average molecular weight is 372 g/mol. The van der Waals surface area contributed by atoms with Crippen molar-refractivity contribution in [1.82, 2.24) is 10.2 Å². The molecule has 26 heavy (non-hydrogen) atoms. The van der Waals surface area contributed by atoms with Gasteiger partial charge in [-0.05, 0) is 0 Å². The first kappa shape index (κ1) is 19.7. The van der Waals surface area contributed by atoms with E-state index in [2.05, 4.69) is 5.32 Å². The summed E-state index contributed by atoms with van der Waals surface area (Å²) in [5.41, 5.74) is 0. The molecule has 0 aromatic carbocycles. The van der Waals surface area contributed by atoms with Crippen LogP contribution in [0.1, 0.15) is 20.8 Å². The van der Waals surface area contributed by atoms with Crippen molar-refractivity contribution in [2.75, 3.05) is 6.61 Å². The van der Waals surface area contributed by atoms with Crippen LogP contribution in [0.15, 0.2) is 12.3 Å². The molecule has 2 rings (SSSR count). The molecule has 1 saturated heterocycles. The fourth-order valence-corrected chi connectivity index (χ4v) is 2.64. The Bertz CT molecular complexity index is 620. The number of carbonyl (C=O) groups is 4. The number of hydrogen-bond acceptors (Lipinski definition) is 10. The first-order valence-corrected chi connectivity index (χ1v) is 7.76. The smallest absolute Gasteiger partial charge is 0.303 e. The van der Waals surface area contributed by atoms with Crippen LogP contribution in [0.3, 0.4) is 0 Å². The fourth-order valence-electron chi connectivity index (χ4n) is 2.64. The van der Waals surface area contributed by atoms with E-state index in [-0.39, 0.29) is 6.61 Å². The molecule has 4 unspecified atom stereocenters. The van der Waals surface area contributed by atoms with Crippen molar-refractivity contribution in [3.63, 3.8) is 0 Å². The third kappa shape index (κ3) is 4.70. The van der Waals surface area contributed by atoms with E-state index in [4.69, 9.17) is 18.9 Å². The lowest BCUT2D eigenvalue weighted by molar-refractivity contribution is -0.176. The molecule has 2 aliphatic rings. The highest BCUT2D eigenvalue weighted by atomic mass is 16.7. The summed E-state index contributed by atoms with van der Waals surface area (Å²) in [7, 11) is 0. The summed E-state index contributed by atoms with van der Waals surface area (Å²) in [6.45, 7) is 3.26. The predicted octanol–water partition coefficient (Wildman–Crippen LogP) is -1.64. The topological polar surface area (TPSA) is 141 Å². The Morgan fingerprint density at radius 3 is 2.31 bits per heavy atom. The Morgan fingerprint density at radius 1 is 1.15 bits per heavy atom. The first-order chi connectivity index (χ1) is 12.2. The molecule has 0 bridgehead atoms. The minimum absolute atomic E-state index is 0.262. The van der Waals surface area contributed by atoms with Crippen molar-refractivity contribution >= 4 is 23.8 Å². The second-order valence-electron chi connectivity index (χ2n) is 5.66. The zero-order valence-corrected chi connectivity index (χ0v) is 14.4. The summed E-state index contributed by atoms with van der Waals surface area (Å²) >= 11 is 0. The molecule has 0 aliphatic carbocycles. The quantitative estimate of drug-likeness (QED) is 0.426. The molecule has 1 fully saturated rings. The van der Waals surface area contributed by atoms with Crippen LogP contribution in [0.5, 0.6) is 0 Å².